The van der Waals surface area contributed by atoms with Crippen molar-refractivity contribution < 1.29 is 14.3 Å². The number of fused-ring (bicyclic) bond motifs is 1. The van der Waals surface area contributed by atoms with Gasteiger partial charge >= 0.3 is 0 Å². The van der Waals surface area contributed by atoms with Gasteiger partial charge in [0.1, 0.15) is 22.7 Å². The Morgan fingerprint density at radius 2 is 1.89 bits per heavy atom. The Labute approximate surface area is 255 Å². The summed E-state index contributed by atoms with van der Waals surface area (Å²) in [5, 5.41) is 14.5. The van der Waals surface area contributed by atoms with E-state index >= 15 is 0 Å². The van der Waals surface area contributed by atoms with Gasteiger partial charge in [0.05, 0.1) is 0 Å². The molecule has 4 heterocycles. The lowest BCUT2D eigenvalue weighted by atomic mass is 10.1. The molecule has 4 aromatic rings. The molecule has 11 heteroatoms. The van der Waals surface area contributed by atoms with Crippen LogP contribution in [-0.2, 0) is 4.79 Å². The summed E-state index contributed by atoms with van der Waals surface area (Å²) < 4.78 is 6.24. The first kappa shape index (κ1) is 28.0. The largest absolute Gasteiger partial charge is 0.456 e. The quantitative estimate of drug-likeness (QED) is 0.209. The molecule has 3 fully saturated rings. The normalized spacial score (nSPS) is 18.3. The minimum Gasteiger partial charge on any atom is -0.456 e. The Morgan fingerprint density at radius 1 is 1.07 bits per heavy atom. The average Bonchev–Trinajstić information content (AvgIpc) is 3.97. The fraction of sp³-hybridized carbons (Fsp3) is 0.364. The van der Waals surface area contributed by atoms with Gasteiger partial charge in [-0.3, -0.25) is 19.6 Å². The number of nitrogens with zero attached hydrogens (tertiary/aromatic N) is 5. The van der Waals surface area contributed by atoms with E-state index in [1.807, 2.05) is 23.1 Å². The van der Waals surface area contributed by atoms with Crippen LogP contribution in [0.25, 0.3) is 11.0 Å². The molecule has 3 N–H and O–H groups in total. The number of pyridine rings is 2. The van der Waals surface area contributed by atoms with Crippen LogP contribution in [0.1, 0.15) is 53.9 Å². The van der Waals surface area contributed by atoms with Crippen molar-refractivity contribution >= 4 is 34.5 Å². The maximum atomic E-state index is 12.8. The molecular weight excluding hydrogens is 556 g/mol. The molecule has 2 saturated carbocycles. The second-order valence-electron chi connectivity index (χ2n) is 11.9. The Balaban J connectivity index is 0.977. The van der Waals surface area contributed by atoms with Crippen LogP contribution in [0.3, 0.4) is 0 Å². The number of anilines is 2. The molecule has 0 bridgehead atoms. The third kappa shape index (κ3) is 6.42. The SMILES string of the molecule is CN(C/C=C/C(=O)N1CC[C@@H](Nc2n[nH]c3nccc(Oc4ccc(C(=O)Nc5cc(C6CC6)ccn5)cc4)c23)C1)C1CC1. The minimum atomic E-state index is -0.227. The fourth-order valence-corrected chi connectivity index (χ4v) is 5.65. The maximum Gasteiger partial charge on any atom is 0.256 e. The van der Waals surface area contributed by atoms with Gasteiger partial charge in [-0.25, -0.2) is 9.97 Å². The van der Waals surface area contributed by atoms with Gasteiger partial charge in [-0.1, -0.05) is 6.08 Å². The van der Waals surface area contributed by atoms with Crippen LogP contribution in [0.2, 0.25) is 0 Å². The van der Waals surface area contributed by atoms with Gasteiger partial charge in [0.15, 0.2) is 11.5 Å². The van der Waals surface area contributed by atoms with E-state index in [1.165, 1.54) is 31.2 Å². The van der Waals surface area contributed by atoms with E-state index < -0.39 is 0 Å². The lowest BCUT2D eigenvalue weighted by molar-refractivity contribution is -0.125. The molecule has 11 nitrogen and oxygen atoms in total. The summed E-state index contributed by atoms with van der Waals surface area (Å²) in [6, 6.07) is 13.5. The zero-order valence-electron chi connectivity index (χ0n) is 24.7. The maximum absolute atomic E-state index is 12.8. The van der Waals surface area contributed by atoms with Gasteiger partial charge in [0.25, 0.3) is 5.91 Å². The van der Waals surface area contributed by atoms with E-state index in [-0.39, 0.29) is 17.9 Å². The summed E-state index contributed by atoms with van der Waals surface area (Å²) in [5.74, 6) is 2.74. The average molecular weight is 593 g/mol. The van der Waals surface area contributed by atoms with Gasteiger partial charge in [0, 0.05) is 61.8 Å². The van der Waals surface area contributed by atoms with Crippen molar-refractivity contribution in [2.75, 3.05) is 37.3 Å². The zero-order valence-corrected chi connectivity index (χ0v) is 24.7. The Bertz CT molecular complexity index is 1690. The predicted molar refractivity (Wildman–Crippen MR) is 168 cm³/mol. The summed E-state index contributed by atoms with van der Waals surface area (Å²) in [7, 11) is 2.10. The van der Waals surface area contributed by atoms with E-state index in [0.29, 0.717) is 59.4 Å². The van der Waals surface area contributed by atoms with Gasteiger partial charge < -0.3 is 20.3 Å². The van der Waals surface area contributed by atoms with Crippen LogP contribution in [0.5, 0.6) is 11.5 Å². The summed E-state index contributed by atoms with van der Waals surface area (Å²) >= 11 is 0. The lowest BCUT2D eigenvalue weighted by Gasteiger charge is -2.16. The highest BCUT2D eigenvalue weighted by Gasteiger charge is 2.28. The summed E-state index contributed by atoms with van der Waals surface area (Å²) in [5.41, 5.74) is 2.32. The van der Waals surface area contributed by atoms with E-state index in [9.17, 15) is 9.59 Å². The van der Waals surface area contributed by atoms with Gasteiger partial charge in [-0.05, 0) is 87.0 Å². The van der Waals surface area contributed by atoms with Crippen LogP contribution in [0.15, 0.2) is 67.0 Å². The lowest BCUT2D eigenvalue weighted by Crippen LogP contribution is -2.30. The number of amides is 2. The topological polar surface area (TPSA) is 128 Å². The first-order valence-electron chi connectivity index (χ1n) is 15.3. The number of ether oxygens (including phenoxy) is 1. The number of likely N-dealkylation sites (tertiary alicyclic amines) is 1. The van der Waals surface area contributed by atoms with Crippen LogP contribution in [0.4, 0.5) is 11.6 Å². The van der Waals surface area contributed by atoms with E-state index in [2.05, 4.69) is 42.7 Å². The molecule has 1 aromatic carbocycles. The molecule has 3 aromatic heterocycles. The first-order chi connectivity index (χ1) is 21.5. The minimum absolute atomic E-state index is 0.0382. The standard InChI is InChI=1S/C33H36N8O3/c1-40(25-8-9-25)17-2-3-29(42)41-18-14-24(20-41)36-32-30-27(13-16-35-31(30)38-39-32)44-26-10-6-22(7-11-26)33(43)37-28-19-23(12-15-34-28)21-4-5-21/h2-3,6-7,10-13,15-16,19,21,24-25H,4-5,8-9,14,17-18,20H2,1H3,(H,34,37,43)(H2,35,36,38,39)/b3-2+/t24-/m1/s1. The Hall–Kier alpha value is -4.77. The third-order valence-electron chi connectivity index (χ3n) is 8.51. The fourth-order valence-electron chi connectivity index (χ4n) is 5.65. The molecule has 44 heavy (non-hydrogen) atoms. The van der Waals surface area contributed by atoms with Crippen molar-refractivity contribution in [3.63, 3.8) is 0 Å². The number of benzene rings is 1. The molecule has 226 valence electrons. The van der Waals surface area contributed by atoms with Crippen molar-refractivity contribution in [1.82, 2.24) is 30.0 Å². The smallest absolute Gasteiger partial charge is 0.256 e. The van der Waals surface area contributed by atoms with Gasteiger partial charge in [0.2, 0.25) is 5.91 Å². The second kappa shape index (κ2) is 12.1. The molecule has 0 spiro atoms. The molecule has 1 saturated heterocycles. The van der Waals surface area contributed by atoms with E-state index in [1.54, 1.807) is 48.8 Å². The van der Waals surface area contributed by atoms with Crippen molar-refractivity contribution in [2.45, 2.75) is 50.1 Å². The number of carbonyl (C=O) groups is 2. The molecule has 0 radical (unpaired) electrons. The predicted octanol–water partition coefficient (Wildman–Crippen LogP) is 4.94. The summed E-state index contributed by atoms with van der Waals surface area (Å²) in [4.78, 5) is 38.4. The highest BCUT2D eigenvalue weighted by molar-refractivity contribution is 6.03. The number of nitrogens with one attached hydrogen (secondary N) is 3. The Kier molecular flexibility index (Phi) is 7.69. The molecule has 0 unspecified atom stereocenters. The third-order valence-corrected chi connectivity index (χ3v) is 8.51. The van der Waals surface area contributed by atoms with Crippen LogP contribution < -0.4 is 15.4 Å². The Morgan fingerprint density at radius 3 is 2.68 bits per heavy atom. The molecule has 1 aliphatic heterocycles. The van der Waals surface area contributed by atoms with Crippen molar-refractivity contribution in [1.29, 1.82) is 0 Å². The second-order valence-corrected chi connectivity index (χ2v) is 11.9. The highest BCUT2D eigenvalue weighted by atomic mass is 16.5. The summed E-state index contributed by atoms with van der Waals surface area (Å²) in [6.07, 6.45) is 12.8. The molecule has 3 aliphatic rings. The number of aromatic amines is 1. The summed E-state index contributed by atoms with van der Waals surface area (Å²) in [6.45, 7) is 2.07. The number of rotatable bonds is 11. The number of hydrogen-bond donors (Lipinski definition) is 3. The number of aromatic nitrogens is 4. The molecule has 2 amide bonds. The van der Waals surface area contributed by atoms with Crippen LogP contribution in [-0.4, -0.2) is 80.5 Å². The van der Waals surface area contributed by atoms with Crippen molar-refractivity contribution in [3.05, 3.63) is 78.1 Å². The number of carbonyl (C=O) groups excluding carboxylic acids is 2. The van der Waals surface area contributed by atoms with Gasteiger partial charge in [-0.15, -0.1) is 0 Å². The first-order valence-corrected chi connectivity index (χ1v) is 15.3. The van der Waals surface area contributed by atoms with Crippen molar-refractivity contribution in [3.8, 4) is 11.5 Å². The number of hydrogen-bond acceptors (Lipinski definition) is 8. The molecular formula is C33H36N8O3. The molecule has 1 atom stereocenters. The van der Waals surface area contributed by atoms with E-state index in [0.717, 1.165) is 18.4 Å². The van der Waals surface area contributed by atoms with Crippen LogP contribution >= 0.6 is 0 Å². The van der Waals surface area contributed by atoms with Crippen LogP contribution in [0, 0.1) is 0 Å². The molecule has 2 aliphatic carbocycles. The number of likely N-dealkylation sites (N-methyl/N-ethyl adjacent to an activating group) is 1. The number of H-pyrrole nitrogens is 1. The molecule has 7 rings (SSSR count). The van der Waals surface area contributed by atoms with Gasteiger partial charge in [-0.2, -0.15) is 5.10 Å². The highest BCUT2D eigenvalue weighted by Crippen LogP contribution is 2.40. The zero-order chi connectivity index (χ0) is 30.0. The monoisotopic (exact) mass is 592 g/mol. The van der Waals surface area contributed by atoms with E-state index in [4.69, 9.17) is 4.74 Å². The van der Waals surface area contributed by atoms with Crippen molar-refractivity contribution in [2.24, 2.45) is 0 Å².